The van der Waals surface area contributed by atoms with Crippen molar-refractivity contribution in [2.75, 3.05) is 37.6 Å². The van der Waals surface area contributed by atoms with E-state index in [0.717, 1.165) is 5.56 Å². The molecule has 9 heteroatoms. The third kappa shape index (κ3) is 5.62. The van der Waals surface area contributed by atoms with Gasteiger partial charge in [-0.2, -0.15) is 0 Å². The quantitative estimate of drug-likeness (QED) is 0.667. The minimum absolute atomic E-state index is 0.0375. The van der Waals surface area contributed by atoms with Crippen molar-refractivity contribution in [2.24, 2.45) is 5.14 Å². The highest BCUT2D eigenvalue weighted by Crippen LogP contribution is 2.23. The van der Waals surface area contributed by atoms with Crippen LogP contribution in [0.15, 0.2) is 47.4 Å². The lowest BCUT2D eigenvalue weighted by molar-refractivity contribution is -0.146. The lowest BCUT2D eigenvalue weighted by Gasteiger charge is -2.36. The number of anilines is 1. The molecular formula is C22H28N4O4S. The molecule has 1 heterocycles. The number of carbonyl (C=O) groups is 2. The molecule has 0 saturated carbocycles. The Bertz CT molecular complexity index is 1060. The van der Waals surface area contributed by atoms with Crippen molar-refractivity contribution in [1.29, 1.82) is 0 Å². The summed E-state index contributed by atoms with van der Waals surface area (Å²) in [4.78, 5) is 28.6. The molecule has 3 N–H and O–H groups in total. The van der Waals surface area contributed by atoms with Crippen molar-refractivity contribution >= 4 is 27.5 Å². The van der Waals surface area contributed by atoms with Crippen LogP contribution in [0.3, 0.4) is 0 Å². The van der Waals surface area contributed by atoms with Crippen molar-refractivity contribution in [1.82, 2.24) is 10.2 Å². The van der Waals surface area contributed by atoms with Crippen molar-refractivity contribution in [3.05, 3.63) is 59.2 Å². The average Bonchev–Trinajstić information content (AvgIpc) is 2.75. The third-order valence-corrected chi connectivity index (χ3v) is 6.56. The second kappa shape index (κ2) is 9.49. The van der Waals surface area contributed by atoms with Crippen LogP contribution in [0.2, 0.25) is 0 Å². The summed E-state index contributed by atoms with van der Waals surface area (Å²) < 4.78 is 22.6. The second-order valence-electron chi connectivity index (χ2n) is 7.69. The largest absolute Gasteiger partial charge is 0.368 e. The molecule has 0 radical (unpaired) electrons. The van der Waals surface area contributed by atoms with Crippen LogP contribution >= 0.6 is 0 Å². The molecule has 0 atom stereocenters. The molecular weight excluding hydrogens is 416 g/mol. The molecule has 0 spiro atoms. The van der Waals surface area contributed by atoms with Crippen LogP contribution in [0, 0.1) is 13.8 Å². The summed E-state index contributed by atoms with van der Waals surface area (Å²) in [7, 11) is -3.73. The third-order valence-electron chi connectivity index (χ3n) is 5.63. The SMILES string of the molecule is Cc1cccc(N2CCN(C(=O)C(=O)NCCc3ccc(S(N)(=O)=O)cc3)CC2)c1C. The lowest BCUT2D eigenvalue weighted by Crippen LogP contribution is -2.53. The normalized spacial score (nSPS) is 14.4. The number of benzene rings is 2. The number of amides is 2. The minimum atomic E-state index is -3.73. The first-order valence-corrected chi connectivity index (χ1v) is 11.7. The number of aryl methyl sites for hydroxylation is 1. The predicted octanol–water partition coefficient (Wildman–Crippen LogP) is 0.958. The maximum absolute atomic E-state index is 12.5. The Morgan fingerprint density at radius 2 is 1.65 bits per heavy atom. The summed E-state index contributed by atoms with van der Waals surface area (Å²) in [6, 6.07) is 12.3. The lowest BCUT2D eigenvalue weighted by atomic mass is 10.1. The van der Waals surface area contributed by atoms with E-state index >= 15 is 0 Å². The number of hydrogen-bond acceptors (Lipinski definition) is 5. The van der Waals surface area contributed by atoms with Gasteiger partial charge in [-0.25, -0.2) is 13.6 Å². The number of primary sulfonamides is 1. The fraction of sp³-hybridized carbons (Fsp3) is 0.364. The molecule has 3 rings (SSSR count). The summed E-state index contributed by atoms with van der Waals surface area (Å²) in [5, 5.41) is 7.72. The smallest absolute Gasteiger partial charge is 0.312 e. The molecule has 0 bridgehead atoms. The highest BCUT2D eigenvalue weighted by atomic mass is 32.2. The zero-order valence-electron chi connectivity index (χ0n) is 17.8. The van der Waals surface area contributed by atoms with Gasteiger partial charge in [-0.3, -0.25) is 9.59 Å². The first-order chi connectivity index (χ1) is 14.7. The fourth-order valence-corrected chi connectivity index (χ4v) is 4.13. The van der Waals surface area contributed by atoms with E-state index < -0.39 is 21.8 Å². The first-order valence-electron chi connectivity index (χ1n) is 10.2. The number of hydrogen-bond donors (Lipinski definition) is 2. The molecule has 1 fully saturated rings. The highest BCUT2D eigenvalue weighted by Gasteiger charge is 2.26. The van der Waals surface area contributed by atoms with E-state index in [9.17, 15) is 18.0 Å². The summed E-state index contributed by atoms with van der Waals surface area (Å²) >= 11 is 0. The topological polar surface area (TPSA) is 113 Å². The number of carbonyl (C=O) groups excluding carboxylic acids is 2. The van der Waals surface area contributed by atoms with E-state index in [1.165, 1.54) is 28.9 Å². The molecule has 8 nitrogen and oxygen atoms in total. The van der Waals surface area contributed by atoms with Crippen LogP contribution in [0.1, 0.15) is 16.7 Å². The first kappa shape index (κ1) is 22.8. The van der Waals surface area contributed by atoms with Crippen molar-refractivity contribution in [2.45, 2.75) is 25.2 Å². The van der Waals surface area contributed by atoms with Crippen LogP contribution < -0.4 is 15.4 Å². The molecule has 1 aliphatic heterocycles. The van der Waals surface area contributed by atoms with Gasteiger partial charge in [0.1, 0.15) is 0 Å². The van der Waals surface area contributed by atoms with E-state index in [2.05, 4.69) is 36.2 Å². The van der Waals surface area contributed by atoms with Crippen LogP contribution in [0.5, 0.6) is 0 Å². The van der Waals surface area contributed by atoms with Gasteiger partial charge in [0.05, 0.1) is 4.90 Å². The molecule has 2 aromatic rings. The summed E-state index contributed by atoms with van der Waals surface area (Å²) in [6.07, 6.45) is 0.477. The van der Waals surface area contributed by atoms with Crippen LogP contribution in [-0.2, 0) is 26.0 Å². The van der Waals surface area contributed by atoms with Crippen LogP contribution in [-0.4, -0.2) is 57.9 Å². The number of rotatable bonds is 5. The van der Waals surface area contributed by atoms with E-state index in [1.54, 1.807) is 17.0 Å². The monoisotopic (exact) mass is 444 g/mol. The number of sulfonamides is 1. The molecule has 1 saturated heterocycles. The summed E-state index contributed by atoms with van der Waals surface area (Å²) in [5.74, 6) is -1.15. The zero-order chi connectivity index (χ0) is 22.6. The van der Waals surface area contributed by atoms with Gasteiger partial charge < -0.3 is 15.1 Å². The van der Waals surface area contributed by atoms with Crippen molar-refractivity contribution < 1.29 is 18.0 Å². The van der Waals surface area contributed by atoms with E-state index in [1.807, 2.05) is 6.07 Å². The van der Waals surface area contributed by atoms with E-state index in [-0.39, 0.29) is 11.4 Å². The minimum Gasteiger partial charge on any atom is -0.368 e. The molecule has 0 unspecified atom stereocenters. The predicted molar refractivity (Wildman–Crippen MR) is 119 cm³/mol. The Balaban J connectivity index is 1.46. The van der Waals surface area contributed by atoms with Crippen LogP contribution in [0.4, 0.5) is 5.69 Å². The van der Waals surface area contributed by atoms with E-state index in [4.69, 9.17) is 5.14 Å². The molecule has 0 aliphatic carbocycles. The number of nitrogens with one attached hydrogen (secondary N) is 1. The van der Waals surface area contributed by atoms with Gasteiger partial charge in [0.2, 0.25) is 10.0 Å². The number of nitrogens with zero attached hydrogens (tertiary/aromatic N) is 2. The van der Waals surface area contributed by atoms with Crippen LogP contribution in [0.25, 0.3) is 0 Å². The van der Waals surface area contributed by atoms with Gasteiger partial charge in [-0.05, 0) is 55.2 Å². The van der Waals surface area contributed by atoms with Gasteiger partial charge in [-0.15, -0.1) is 0 Å². The Kier molecular flexibility index (Phi) is 6.97. The second-order valence-corrected chi connectivity index (χ2v) is 9.25. The van der Waals surface area contributed by atoms with Gasteiger partial charge in [-0.1, -0.05) is 24.3 Å². The van der Waals surface area contributed by atoms with Crippen molar-refractivity contribution in [3.63, 3.8) is 0 Å². The Hall–Kier alpha value is -2.91. The fourth-order valence-electron chi connectivity index (χ4n) is 3.61. The standard InChI is InChI=1S/C22H28N4O4S/c1-16-4-3-5-20(17(16)2)25-12-14-26(15-13-25)22(28)21(27)24-11-10-18-6-8-19(9-7-18)31(23,29)30/h3-9H,10-15H2,1-2H3,(H,24,27)(H2,23,29,30). The molecule has 31 heavy (non-hydrogen) atoms. The Labute approximate surface area is 183 Å². The maximum Gasteiger partial charge on any atom is 0.312 e. The Morgan fingerprint density at radius 1 is 1.00 bits per heavy atom. The van der Waals surface area contributed by atoms with E-state index in [0.29, 0.717) is 32.6 Å². The zero-order valence-corrected chi connectivity index (χ0v) is 18.6. The summed E-state index contributed by atoms with van der Waals surface area (Å²) in [6.45, 7) is 6.81. The average molecular weight is 445 g/mol. The summed E-state index contributed by atoms with van der Waals surface area (Å²) in [5.41, 5.74) is 4.47. The molecule has 2 amide bonds. The Morgan fingerprint density at radius 3 is 2.26 bits per heavy atom. The molecule has 2 aromatic carbocycles. The molecule has 166 valence electrons. The van der Waals surface area contributed by atoms with Gasteiger partial charge in [0, 0.05) is 38.4 Å². The van der Waals surface area contributed by atoms with Gasteiger partial charge in [0.15, 0.2) is 0 Å². The number of nitrogens with two attached hydrogens (primary N) is 1. The number of piperazine rings is 1. The maximum atomic E-state index is 12.5. The molecule has 1 aliphatic rings. The van der Waals surface area contributed by atoms with Crippen molar-refractivity contribution in [3.8, 4) is 0 Å². The molecule has 0 aromatic heterocycles. The van der Waals surface area contributed by atoms with Gasteiger partial charge >= 0.3 is 11.8 Å². The highest BCUT2D eigenvalue weighted by molar-refractivity contribution is 7.89. The van der Waals surface area contributed by atoms with Gasteiger partial charge in [0.25, 0.3) is 0 Å².